The molecular weight excluding hydrogens is 647 g/mol. The molecule has 1 saturated carbocycles. The molecule has 2 aromatic heterocycles. The minimum absolute atomic E-state index is 0. The molecular formula is C42H75N9O. The first-order valence-corrected chi connectivity index (χ1v) is 19.2. The molecule has 5 N–H and O–H groups in total. The number of pyridine rings is 1. The predicted octanol–water partition coefficient (Wildman–Crippen LogP) is 10.2. The van der Waals surface area contributed by atoms with Crippen molar-refractivity contribution in [2.75, 3.05) is 45.1 Å². The fourth-order valence-electron chi connectivity index (χ4n) is 5.37. The van der Waals surface area contributed by atoms with E-state index in [9.17, 15) is 4.79 Å². The maximum absolute atomic E-state index is 12.4. The number of carbonyl (C=O) groups excluding carboxylic acids is 1. The molecule has 3 aromatic rings. The first-order valence-electron chi connectivity index (χ1n) is 19.2. The Bertz CT molecular complexity index is 1410. The van der Waals surface area contributed by atoms with Gasteiger partial charge < -0.3 is 21.7 Å². The van der Waals surface area contributed by atoms with Crippen molar-refractivity contribution < 1.29 is 7.65 Å². The lowest BCUT2D eigenvalue weighted by Gasteiger charge is -2.39. The third kappa shape index (κ3) is 20.2. The van der Waals surface area contributed by atoms with Crippen LogP contribution in [0.4, 0.5) is 5.82 Å². The van der Waals surface area contributed by atoms with Gasteiger partial charge in [-0.2, -0.15) is 10.2 Å². The number of hydrogen-bond acceptors (Lipinski definition) is 9. The molecule has 1 aromatic carbocycles. The van der Waals surface area contributed by atoms with E-state index in [0.717, 1.165) is 59.7 Å². The Morgan fingerprint density at radius 1 is 1.04 bits per heavy atom. The second-order valence-corrected chi connectivity index (χ2v) is 12.7. The van der Waals surface area contributed by atoms with Crippen LogP contribution in [0.3, 0.4) is 0 Å². The lowest BCUT2D eigenvalue weighted by atomic mass is 9.90. The molecule has 1 amide bonds. The number of anilines is 1. The molecule has 294 valence electrons. The molecule has 10 nitrogen and oxygen atoms in total. The first kappa shape index (κ1) is 48.0. The summed E-state index contributed by atoms with van der Waals surface area (Å²) >= 11 is 0. The number of likely N-dealkylation sites (tertiary alicyclic amines) is 1. The highest BCUT2D eigenvalue weighted by atomic mass is 16.2. The van der Waals surface area contributed by atoms with E-state index < -0.39 is 0 Å². The summed E-state index contributed by atoms with van der Waals surface area (Å²) in [5.41, 5.74) is 2.85. The summed E-state index contributed by atoms with van der Waals surface area (Å²) in [5, 5.41) is 15.8. The van der Waals surface area contributed by atoms with Gasteiger partial charge in [0.1, 0.15) is 5.82 Å². The number of benzene rings is 1. The highest BCUT2D eigenvalue weighted by Gasteiger charge is 2.25. The highest BCUT2D eigenvalue weighted by molar-refractivity contribution is 5.94. The Hall–Kier alpha value is -3.99. The predicted molar refractivity (Wildman–Crippen MR) is 230 cm³/mol. The largest absolute Gasteiger partial charge is 0.393 e. The zero-order valence-corrected chi connectivity index (χ0v) is 33.8. The zero-order valence-electron chi connectivity index (χ0n) is 33.8. The van der Waals surface area contributed by atoms with Gasteiger partial charge in [-0.1, -0.05) is 72.1 Å². The van der Waals surface area contributed by atoms with Crippen molar-refractivity contribution in [1.82, 2.24) is 36.4 Å². The van der Waals surface area contributed by atoms with Crippen LogP contribution in [0.1, 0.15) is 109 Å². The van der Waals surface area contributed by atoms with Crippen LogP contribution in [0.2, 0.25) is 0 Å². The second kappa shape index (κ2) is 30.6. The number of piperidine rings is 1. The van der Waals surface area contributed by atoms with Gasteiger partial charge in [-0.05, 0) is 102 Å². The Balaban J connectivity index is -0.000000823. The summed E-state index contributed by atoms with van der Waals surface area (Å²) in [4.78, 5) is 25.6. The van der Waals surface area contributed by atoms with Gasteiger partial charge in [0, 0.05) is 63.9 Å². The summed E-state index contributed by atoms with van der Waals surface area (Å²) in [5.74, 6) is 0.489. The number of amides is 1. The van der Waals surface area contributed by atoms with E-state index in [0.29, 0.717) is 12.4 Å². The Morgan fingerprint density at radius 3 is 2.31 bits per heavy atom. The summed E-state index contributed by atoms with van der Waals surface area (Å²) in [6, 6.07) is 12.7. The standard InChI is InChI=1S/C22H25N5O.C9H17N.C6H12N2.C3H8.C2H6.H3N.2H2/c1-3-5-12-27(11-4-2)16-22(28)25-21-14-19-13-17(8-9-18(19)15-23-21)20-7-6-10-24-26-20;1-2-7-10(8-3-1)9-5-4-6-9;1-6(2)8-5-4-7-3;1-3-2;1-2;;;/h3,6-10,13-15H,1,4-5,11-12,16H2,2H3,(H,23,25,28);9H,1-8H2;4-5,7H,1-3H3;3H2,1-2H3;1-2H3;1H3;2*1H/b;;5-4-;;;;;. The maximum Gasteiger partial charge on any atom is 0.239 e. The van der Waals surface area contributed by atoms with E-state index in [2.05, 4.69) is 68.0 Å². The molecule has 0 bridgehead atoms. The summed E-state index contributed by atoms with van der Waals surface area (Å²) in [7, 11) is 1.84. The molecule has 0 unspecified atom stereocenters. The Kier molecular flexibility index (Phi) is 28.3. The molecule has 0 radical (unpaired) electrons. The van der Waals surface area contributed by atoms with Crippen LogP contribution >= 0.6 is 0 Å². The average Bonchev–Trinajstić information content (AvgIpc) is 3.12. The molecule has 5 rings (SSSR count). The van der Waals surface area contributed by atoms with E-state index in [1.54, 1.807) is 24.8 Å². The monoisotopic (exact) mass is 722 g/mol. The van der Waals surface area contributed by atoms with E-state index in [-0.39, 0.29) is 14.9 Å². The van der Waals surface area contributed by atoms with Gasteiger partial charge in [-0.25, -0.2) is 4.98 Å². The summed E-state index contributed by atoms with van der Waals surface area (Å²) in [6.07, 6.45) is 20.8. The van der Waals surface area contributed by atoms with Crippen LogP contribution < -0.4 is 16.8 Å². The molecule has 0 spiro atoms. The minimum Gasteiger partial charge on any atom is -0.393 e. The average molecular weight is 722 g/mol. The molecule has 2 aliphatic rings. The minimum atomic E-state index is -0.0607. The van der Waals surface area contributed by atoms with Gasteiger partial charge in [0.25, 0.3) is 0 Å². The SMILES string of the molecule is C1CCN(C2CCC2)CC1.C=CCCN(CCC)CC(=O)Nc1cc2cc(-c3cccnn3)ccc2cn1.CC.CCC.CN/C=C\N=C(C)C.N.[HH].[HH]. The van der Waals surface area contributed by atoms with Crippen molar-refractivity contribution in [3.63, 3.8) is 0 Å². The number of fused-ring (bicyclic) bond motifs is 1. The molecule has 52 heavy (non-hydrogen) atoms. The third-order valence-corrected chi connectivity index (χ3v) is 7.97. The smallest absolute Gasteiger partial charge is 0.239 e. The van der Waals surface area contributed by atoms with E-state index >= 15 is 0 Å². The van der Waals surface area contributed by atoms with Crippen molar-refractivity contribution in [3.8, 4) is 11.3 Å². The molecule has 0 atom stereocenters. The normalized spacial score (nSPS) is 13.6. The van der Waals surface area contributed by atoms with Crippen LogP contribution in [0, 0.1) is 0 Å². The Morgan fingerprint density at radius 2 is 1.75 bits per heavy atom. The number of aliphatic imine (C=N–C) groups is 1. The van der Waals surface area contributed by atoms with E-state index in [4.69, 9.17) is 0 Å². The van der Waals surface area contributed by atoms with Crippen molar-refractivity contribution in [3.05, 3.63) is 73.8 Å². The van der Waals surface area contributed by atoms with Crippen molar-refractivity contribution in [2.45, 2.75) is 112 Å². The number of nitrogens with zero attached hydrogens (tertiary/aromatic N) is 6. The van der Waals surface area contributed by atoms with E-state index in [1.165, 1.54) is 58.0 Å². The van der Waals surface area contributed by atoms with Crippen LogP contribution in [-0.4, -0.2) is 82.4 Å². The van der Waals surface area contributed by atoms with Gasteiger partial charge >= 0.3 is 0 Å². The summed E-state index contributed by atoms with van der Waals surface area (Å²) in [6.45, 7) is 22.9. The molecule has 1 saturated heterocycles. The van der Waals surface area contributed by atoms with Crippen LogP contribution in [0.15, 0.2) is 78.8 Å². The second-order valence-electron chi connectivity index (χ2n) is 12.7. The molecule has 1 aliphatic carbocycles. The fourth-order valence-corrected chi connectivity index (χ4v) is 5.37. The molecule has 1 aliphatic heterocycles. The number of nitrogens with one attached hydrogen (secondary N) is 2. The number of hydrogen-bond donors (Lipinski definition) is 3. The lowest BCUT2D eigenvalue weighted by Crippen LogP contribution is -2.42. The quantitative estimate of drug-likeness (QED) is 0.124. The molecule has 3 heterocycles. The third-order valence-electron chi connectivity index (χ3n) is 7.97. The van der Waals surface area contributed by atoms with Gasteiger partial charge in [0.2, 0.25) is 5.91 Å². The van der Waals surface area contributed by atoms with Crippen molar-refractivity contribution >= 4 is 28.2 Å². The lowest BCUT2D eigenvalue weighted by molar-refractivity contribution is -0.117. The summed E-state index contributed by atoms with van der Waals surface area (Å²) < 4.78 is 0. The van der Waals surface area contributed by atoms with Gasteiger partial charge in [0.05, 0.1) is 12.2 Å². The number of rotatable bonds is 12. The molecule has 10 heteroatoms. The van der Waals surface area contributed by atoms with Gasteiger partial charge in [-0.15, -0.1) is 6.58 Å². The zero-order chi connectivity index (χ0) is 37.7. The topological polar surface area (TPSA) is 134 Å². The van der Waals surface area contributed by atoms with Crippen molar-refractivity contribution in [2.24, 2.45) is 4.99 Å². The number of aromatic nitrogens is 3. The maximum atomic E-state index is 12.4. The van der Waals surface area contributed by atoms with Gasteiger partial charge in [-0.3, -0.25) is 14.7 Å². The Labute approximate surface area is 319 Å². The van der Waals surface area contributed by atoms with E-state index in [1.807, 2.05) is 77.2 Å². The van der Waals surface area contributed by atoms with Crippen molar-refractivity contribution in [1.29, 1.82) is 0 Å². The van der Waals surface area contributed by atoms with Gasteiger partial charge in [0.15, 0.2) is 0 Å². The number of carbonyl (C=O) groups is 1. The molecule has 2 fully saturated rings. The van der Waals surface area contributed by atoms with Crippen LogP contribution in [0.5, 0.6) is 0 Å². The van der Waals surface area contributed by atoms with Crippen LogP contribution in [-0.2, 0) is 4.79 Å². The first-order chi connectivity index (χ1) is 24.8. The highest BCUT2D eigenvalue weighted by Crippen LogP contribution is 2.27. The fraction of sp³-hybridized carbons (Fsp3) is 0.548. The van der Waals surface area contributed by atoms with Crippen LogP contribution in [0.25, 0.3) is 22.0 Å².